The number of hydrogen-bond acceptors (Lipinski definition) is 5. The van der Waals surface area contributed by atoms with Crippen LogP contribution in [-0.4, -0.2) is 51.0 Å². The summed E-state index contributed by atoms with van der Waals surface area (Å²) in [4.78, 5) is 19.3. The van der Waals surface area contributed by atoms with Crippen LogP contribution in [0.4, 0.5) is 10.5 Å². The van der Waals surface area contributed by atoms with E-state index in [2.05, 4.69) is 45.5 Å². The summed E-state index contributed by atoms with van der Waals surface area (Å²) in [7, 11) is 0. The second kappa shape index (κ2) is 9.72. The van der Waals surface area contributed by atoms with E-state index in [-0.39, 0.29) is 18.2 Å². The fourth-order valence-electron chi connectivity index (χ4n) is 3.84. The van der Waals surface area contributed by atoms with E-state index in [1.807, 2.05) is 42.6 Å². The molecular weight excluding hydrogens is 392 g/mol. The number of carbonyl (C=O) groups excluding carboxylic acids is 1. The highest BCUT2D eigenvalue weighted by molar-refractivity contribution is 5.90. The van der Waals surface area contributed by atoms with Crippen LogP contribution in [0.3, 0.4) is 0 Å². The van der Waals surface area contributed by atoms with E-state index in [0.29, 0.717) is 6.54 Å². The van der Waals surface area contributed by atoms with Gasteiger partial charge in [-0.3, -0.25) is 4.90 Å². The number of anilines is 1. The molecule has 2 atom stereocenters. The molecule has 31 heavy (non-hydrogen) atoms. The topological polar surface area (TPSA) is 84.3 Å². The number of ether oxygens (including phenoxy) is 1. The zero-order valence-corrected chi connectivity index (χ0v) is 17.9. The molecule has 162 valence electrons. The van der Waals surface area contributed by atoms with Crippen LogP contribution in [0.5, 0.6) is 0 Å². The van der Waals surface area contributed by atoms with Gasteiger partial charge < -0.3 is 15.4 Å². The molecule has 1 aromatic carbocycles. The van der Waals surface area contributed by atoms with Crippen LogP contribution in [0.1, 0.15) is 25.0 Å². The zero-order valence-electron chi connectivity index (χ0n) is 17.9. The molecule has 1 fully saturated rings. The van der Waals surface area contributed by atoms with Crippen molar-refractivity contribution in [3.05, 3.63) is 72.2 Å². The number of rotatable bonds is 6. The van der Waals surface area contributed by atoms with Crippen molar-refractivity contribution in [2.75, 3.05) is 18.4 Å². The van der Waals surface area contributed by atoms with Gasteiger partial charge in [0.15, 0.2) is 5.82 Å². The molecule has 0 unspecified atom stereocenters. The van der Waals surface area contributed by atoms with Gasteiger partial charge in [-0.25, -0.2) is 14.5 Å². The van der Waals surface area contributed by atoms with Crippen molar-refractivity contribution in [2.24, 2.45) is 0 Å². The quantitative estimate of drug-likeness (QED) is 0.640. The lowest BCUT2D eigenvalue weighted by Crippen LogP contribution is -2.44. The minimum Gasteiger partial charge on any atom is -0.373 e. The van der Waals surface area contributed by atoms with Gasteiger partial charge in [0.05, 0.1) is 12.2 Å². The maximum absolute atomic E-state index is 12.5. The van der Waals surface area contributed by atoms with Gasteiger partial charge in [0.25, 0.3) is 0 Å². The summed E-state index contributed by atoms with van der Waals surface area (Å²) >= 11 is 0. The third kappa shape index (κ3) is 5.68. The molecule has 0 spiro atoms. The first kappa shape index (κ1) is 21.0. The smallest absolute Gasteiger partial charge is 0.319 e. The van der Waals surface area contributed by atoms with Crippen LogP contribution >= 0.6 is 0 Å². The normalized spacial score (nSPS) is 19.2. The molecule has 0 bridgehead atoms. The summed E-state index contributed by atoms with van der Waals surface area (Å²) in [6.07, 6.45) is 5.70. The van der Waals surface area contributed by atoms with E-state index in [0.717, 1.165) is 42.3 Å². The Morgan fingerprint density at radius 2 is 1.94 bits per heavy atom. The average Bonchev–Trinajstić information content (AvgIpc) is 3.28. The third-order valence-electron chi connectivity index (χ3n) is 5.16. The number of amides is 2. The molecule has 4 rings (SSSR count). The number of urea groups is 1. The van der Waals surface area contributed by atoms with Gasteiger partial charge in [-0.05, 0) is 43.2 Å². The number of benzene rings is 1. The Morgan fingerprint density at radius 3 is 2.65 bits per heavy atom. The molecule has 1 aliphatic rings. The molecule has 2 N–H and O–H groups in total. The largest absolute Gasteiger partial charge is 0.373 e. The van der Waals surface area contributed by atoms with Crippen molar-refractivity contribution in [3.63, 3.8) is 0 Å². The molecule has 3 heterocycles. The molecule has 3 aromatic rings. The monoisotopic (exact) mass is 420 g/mol. The van der Waals surface area contributed by atoms with Crippen molar-refractivity contribution in [2.45, 2.75) is 39.1 Å². The van der Waals surface area contributed by atoms with Crippen LogP contribution in [0, 0.1) is 0 Å². The summed E-state index contributed by atoms with van der Waals surface area (Å²) in [6, 6.07) is 13.3. The van der Waals surface area contributed by atoms with E-state index < -0.39 is 0 Å². The van der Waals surface area contributed by atoms with Crippen LogP contribution in [0.25, 0.3) is 5.82 Å². The Kier molecular flexibility index (Phi) is 6.59. The third-order valence-corrected chi connectivity index (χ3v) is 5.16. The highest BCUT2D eigenvalue weighted by Crippen LogP contribution is 2.20. The molecule has 2 aromatic heterocycles. The molecule has 1 saturated heterocycles. The number of carbonyl (C=O) groups is 1. The van der Waals surface area contributed by atoms with E-state index in [1.54, 1.807) is 17.1 Å². The molecule has 0 saturated carbocycles. The predicted octanol–water partition coefficient (Wildman–Crippen LogP) is 3.20. The summed E-state index contributed by atoms with van der Waals surface area (Å²) in [5.41, 5.74) is 2.82. The predicted molar refractivity (Wildman–Crippen MR) is 119 cm³/mol. The lowest BCUT2D eigenvalue weighted by atomic mass is 10.1. The Labute approximate surface area is 182 Å². The average molecular weight is 421 g/mol. The van der Waals surface area contributed by atoms with Crippen molar-refractivity contribution in [1.82, 2.24) is 25.0 Å². The molecule has 2 amide bonds. The highest BCUT2D eigenvalue weighted by atomic mass is 16.5. The fourth-order valence-corrected chi connectivity index (χ4v) is 3.84. The first-order valence-electron chi connectivity index (χ1n) is 10.5. The Bertz CT molecular complexity index is 980. The van der Waals surface area contributed by atoms with Gasteiger partial charge in [0.1, 0.15) is 0 Å². The fraction of sp³-hybridized carbons (Fsp3) is 0.348. The molecule has 0 radical (unpaired) electrons. The minimum atomic E-state index is -0.243. The van der Waals surface area contributed by atoms with Crippen molar-refractivity contribution in [3.8, 4) is 5.82 Å². The van der Waals surface area contributed by atoms with Crippen LogP contribution in [0.2, 0.25) is 0 Å². The minimum absolute atomic E-state index is 0.209. The molecule has 8 heteroatoms. The number of nitrogens with one attached hydrogen (secondary N) is 2. The van der Waals surface area contributed by atoms with Gasteiger partial charge in [0.2, 0.25) is 0 Å². The van der Waals surface area contributed by atoms with Crippen molar-refractivity contribution in [1.29, 1.82) is 0 Å². The number of para-hydroxylation sites is 1. The lowest BCUT2D eigenvalue weighted by molar-refractivity contribution is -0.0704. The van der Waals surface area contributed by atoms with Crippen molar-refractivity contribution < 1.29 is 9.53 Å². The lowest BCUT2D eigenvalue weighted by Gasteiger charge is -2.35. The molecular formula is C23H28N6O2. The van der Waals surface area contributed by atoms with Crippen molar-refractivity contribution >= 4 is 11.7 Å². The summed E-state index contributed by atoms with van der Waals surface area (Å²) in [6.45, 7) is 7.11. The molecule has 1 aliphatic heterocycles. The van der Waals surface area contributed by atoms with E-state index >= 15 is 0 Å². The van der Waals surface area contributed by atoms with Gasteiger partial charge in [0, 0.05) is 50.5 Å². The Hall–Kier alpha value is -3.23. The van der Waals surface area contributed by atoms with Crippen LogP contribution in [-0.2, 0) is 17.8 Å². The summed E-state index contributed by atoms with van der Waals surface area (Å²) < 4.78 is 7.51. The number of nitrogens with zero attached hydrogens (tertiary/aromatic N) is 4. The van der Waals surface area contributed by atoms with E-state index in [1.165, 1.54) is 0 Å². The molecule has 8 nitrogen and oxygen atoms in total. The standard InChI is InChI=1S/C23H28N6O2/c1-17-14-28(15-18(2)31-17)16-20-6-3-4-7-21(20)27-23(30)25-13-19-8-9-22(24-12-19)29-11-5-10-26-29/h3-12,17-18H,13-16H2,1-2H3,(H2,25,27,30)/t17-,18-/m0/s1. The Morgan fingerprint density at radius 1 is 1.13 bits per heavy atom. The second-order valence-corrected chi connectivity index (χ2v) is 7.89. The van der Waals surface area contributed by atoms with Gasteiger partial charge in [-0.2, -0.15) is 5.10 Å². The van der Waals surface area contributed by atoms with E-state index in [9.17, 15) is 4.79 Å². The number of pyridine rings is 1. The number of morpholine rings is 1. The summed E-state index contributed by atoms with van der Waals surface area (Å²) in [5.74, 6) is 0.735. The Balaban J connectivity index is 1.32. The van der Waals surface area contributed by atoms with Crippen LogP contribution in [0.15, 0.2) is 61.1 Å². The molecule has 0 aliphatic carbocycles. The maximum atomic E-state index is 12.5. The van der Waals surface area contributed by atoms with Gasteiger partial charge >= 0.3 is 6.03 Å². The first-order valence-corrected chi connectivity index (χ1v) is 10.5. The van der Waals surface area contributed by atoms with Gasteiger partial charge in [-0.1, -0.05) is 24.3 Å². The highest BCUT2D eigenvalue weighted by Gasteiger charge is 2.22. The first-order chi connectivity index (χ1) is 15.1. The van der Waals surface area contributed by atoms with E-state index in [4.69, 9.17) is 4.74 Å². The maximum Gasteiger partial charge on any atom is 0.319 e. The summed E-state index contributed by atoms with van der Waals surface area (Å²) in [5, 5.41) is 10.0. The number of hydrogen-bond donors (Lipinski definition) is 2. The van der Waals surface area contributed by atoms with Crippen LogP contribution < -0.4 is 10.6 Å². The number of aromatic nitrogens is 3. The van der Waals surface area contributed by atoms with Gasteiger partial charge in [-0.15, -0.1) is 0 Å². The zero-order chi connectivity index (χ0) is 21.6. The second-order valence-electron chi connectivity index (χ2n) is 7.89. The SMILES string of the molecule is C[C@H]1CN(Cc2ccccc2NC(=O)NCc2ccc(-n3cccn3)nc2)C[C@H](C)O1.